The number of para-hydroxylation sites is 1. The fourth-order valence-corrected chi connectivity index (χ4v) is 2.83. The van der Waals surface area contributed by atoms with Gasteiger partial charge in [0.15, 0.2) is 0 Å². The number of hydrogen-bond acceptors (Lipinski definition) is 2. The minimum absolute atomic E-state index is 0.0326. The highest BCUT2D eigenvalue weighted by Gasteiger charge is 2.13. The highest BCUT2D eigenvalue weighted by Crippen LogP contribution is 2.32. The lowest BCUT2D eigenvalue weighted by atomic mass is 10.1. The Bertz CT molecular complexity index is 439. The average molecular weight is 253 g/mol. The van der Waals surface area contributed by atoms with Gasteiger partial charge in [-0.25, -0.2) is 0 Å². The van der Waals surface area contributed by atoms with E-state index in [1.807, 2.05) is 30.3 Å². The summed E-state index contributed by atoms with van der Waals surface area (Å²) in [6.45, 7) is 0. The van der Waals surface area contributed by atoms with Gasteiger partial charge in [-0.05, 0) is 17.5 Å². The van der Waals surface area contributed by atoms with E-state index in [0.717, 1.165) is 17.7 Å². The maximum Gasteiger partial charge on any atom is 0.123 e. The zero-order chi connectivity index (χ0) is 11.4. The molecule has 0 saturated heterocycles. The maximum absolute atomic E-state index is 6.41. The average Bonchev–Trinajstić information content (AvgIpc) is 2.81. The number of halogens is 1. The van der Waals surface area contributed by atoms with Crippen LogP contribution >= 0.6 is 22.9 Å². The van der Waals surface area contributed by atoms with Gasteiger partial charge < -0.3 is 4.74 Å². The Morgan fingerprint density at radius 1 is 1.25 bits per heavy atom. The van der Waals surface area contributed by atoms with E-state index in [2.05, 4.69) is 11.4 Å². The summed E-state index contributed by atoms with van der Waals surface area (Å²) in [5.41, 5.74) is 1.06. The Hall–Kier alpha value is -0.990. The minimum Gasteiger partial charge on any atom is -0.496 e. The normalized spacial score (nSPS) is 12.4. The highest BCUT2D eigenvalue weighted by molar-refractivity contribution is 7.09. The number of ether oxygens (including phenoxy) is 1. The first-order valence-corrected chi connectivity index (χ1v) is 6.42. The molecule has 0 N–H and O–H groups in total. The van der Waals surface area contributed by atoms with Gasteiger partial charge in [-0.15, -0.1) is 22.9 Å². The Labute approximate surface area is 105 Å². The van der Waals surface area contributed by atoms with Crippen molar-refractivity contribution in [3.63, 3.8) is 0 Å². The van der Waals surface area contributed by atoms with Crippen LogP contribution in [0.25, 0.3) is 0 Å². The van der Waals surface area contributed by atoms with E-state index in [0.29, 0.717) is 0 Å². The predicted octanol–water partition coefficient (Wildman–Crippen LogP) is 4.28. The molecule has 84 valence electrons. The first-order chi connectivity index (χ1) is 7.81. The molecule has 3 heteroatoms. The van der Waals surface area contributed by atoms with Gasteiger partial charge in [0.25, 0.3) is 0 Å². The van der Waals surface area contributed by atoms with Gasteiger partial charge in [0.05, 0.1) is 12.5 Å². The third kappa shape index (κ3) is 2.57. The lowest BCUT2D eigenvalue weighted by molar-refractivity contribution is 0.409. The topological polar surface area (TPSA) is 9.23 Å². The number of hydrogen-bond donors (Lipinski definition) is 0. The number of alkyl halides is 1. The van der Waals surface area contributed by atoms with Gasteiger partial charge in [-0.3, -0.25) is 0 Å². The molecule has 0 saturated carbocycles. The highest BCUT2D eigenvalue weighted by atomic mass is 35.5. The maximum atomic E-state index is 6.41. The molecular formula is C13H13ClOS. The molecule has 1 atom stereocenters. The van der Waals surface area contributed by atoms with Gasteiger partial charge in [0, 0.05) is 16.9 Å². The fraction of sp³-hybridized carbons (Fsp3) is 0.231. The summed E-state index contributed by atoms with van der Waals surface area (Å²) in [6.07, 6.45) is 0.847. The Balaban J connectivity index is 2.17. The first-order valence-electron chi connectivity index (χ1n) is 5.10. The second-order valence-electron chi connectivity index (χ2n) is 3.49. The molecule has 0 spiro atoms. The lowest BCUT2D eigenvalue weighted by Crippen LogP contribution is -1.97. The zero-order valence-electron chi connectivity index (χ0n) is 9.02. The molecule has 2 aromatic rings. The summed E-state index contributed by atoms with van der Waals surface area (Å²) >= 11 is 8.14. The molecule has 1 nitrogen and oxygen atoms in total. The number of thiophene rings is 1. The van der Waals surface area contributed by atoms with E-state index < -0.39 is 0 Å². The second kappa shape index (κ2) is 5.37. The molecule has 0 aliphatic carbocycles. The quantitative estimate of drug-likeness (QED) is 0.738. The van der Waals surface area contributed by atoms with Crippen molar-refractivity contribution in [3.8, 4) is 5.75 Å². The SMILES string of the molecule is COc1ccccc1C(Cl)Cc1cccs1. The van der Waals surface area contributed by atoms with Crippen LogP contribution in [0, 0.1) is 0 Å². The molecule has 1 aromatic heterocycles. The van der Waals surface area contributed by atoms with Gasteiger partial charge in [-0.2, -0.15) is 0 Å². The summed E-state index contributed by atoms with van der Waals surface area (Å²) in [7, 11) is 1.67. The van der Waals surface area contributed by atoms with Crippen molar-refractivity contribution in [2.24, 2.45) is 0 Å². The molecule has 0 bridgehead atoms. The second-order valence-corrected chi connectivity index (χ2v) is 5.05. The van der Waals surface area contributed by atoms with Crippen LogP contribution in [-0.4, -0.2) is 7.11 Å². The van der Waals surface area contributed by atoms with Crippen molar-refractivity contribution in [1.82, 2.24) is 0 Å². The predicted molar refractivity (Wildman–Crippen MR) is 69.6 cm³/mol. The van der Waals surface area contributed by atoms with Crippen molar-refractivity contribution < 1.29 is 4.74 Å². The van der Waals surface area contributed by atoms with Crippen molar-refractivity contribution in [1.29, 1.82) is 0 Å². The lowest BCUT2D eigenvalue weighted by Gasteiger charge is -2.12. The molecular weight excluding hydrogens is 240 g/mol. The van der Waals surface area contributed by atoms with Crippen molar-refractivity contribution in [2.45, 2.75) is 11.8 Å². The van der Waals surface area contributed by atoms with E-state index >= 15 is 0 Å². The third-order valence-electron chi connectivity index (χ3n) is 2.44. The molecule has 1 heterocycles. The summed E-state index contributed by atoms with van der Waals surface area (Å²) in [6, 6.07) is 12.1. The Morgan fingerprint density at radius 2 is 2.06 bits per heavy atom. The van der Waals surface area contributed by atoms with Crippen LogP contribution in [0.2, 0.25) is 0 Å². The van der Waals surface area contributed by atoms with Crippen LogP contribution in [0.5, 0.6) is 5.75 Å². The largest absolute Gasteiger partial charge is 0.496 e. The molecule has 2 rings (SSSR count). The summed E-state index contributed by atoms with van der Waals surface area (Å²) in [5, 5.41) is 2.04. The van der Waals surface area contributed by atoms with E-state index in [-0.39, 0.29) is 5.38 Å². The smallest absolute Gasteiger partial charge is 0.123 e. The van der Waals surface area contributed by atoms with Crippen LogP contribution in [-0.2, 0) is 6.42 Å². The van der Waals surface area contributed by atoms with Crippen molar-refractivity contribution >= 4 is 22.9 Å². The summed E-state index contributed by atoms with van der Waals surface area (Å²) in [5.74, 6) is 0.860. The van der Waals surface area contributed by atoms with Crippen LogP contribution in [0.15, 0.2) is 41.8 Å². The molecule has 0 aliphatic rings. The van der Waals surface area contributed by atoms with E-state index in [1.165, 1.54) is 4.88 Å². The van der Waals surface area contributed by atoms with Gasteiger partial charge >= 0.3 is 0 Å². The third-order valence-corrected chi connectivity index (χ3v) is 3.73. The molecule has 0 aliphatic heterocycles. The van der Waals surface area contributed by atoms with Crippen LogP contribution in [0.3, 0.4) is 0 Å². The fourth-order valence-electron chi connectivity index (χ4n) is 1.64. The monoisotopic (exact) mass is 252 g/mol. The van der Waals surface area contributed by atoms with E-state index in [4.69, 9.17) is 16.3 Å². The standard InChI is InChI=1S/C13H13ClOS/c1-15-13-7-3-2-6-11(13)12(14)9-10-5-4-8-16-10/h2-8,12H,9H2,1H3. The number of benzene rings is 1. The Morgan fingerprint density at radius 3 is 2.75 bits per heavy atom. The molecule has 0 radical (unpaired) electrons. The summed E-state index contributed by atoms with van der Waals surface area (Å²) in [4.78, 5) is 1.30. The van der Waals surface area contributed by atoms with Gasteiger partial charge in [0.2, 0.25) is 0 Å². The number of rotatable bonds is 4. The molecule has 0 amide bonds. The van der Waals surface area contributed by atoms with Crippen molar-refractivity contribution in [2.75, 3.05) is 7.11 Å². The van der Waals surface area contributed by atoms with E-state index in [9.17, 15) is 0 Å². The first kappa shape index (κ1) is 11.5. The molecule has 1 unspecified atom stereocenters. The van der Waals surface area contributed by atoms with E-state index in [1.54, 1.807) is 18.4 Å². The van der Waals surface area contributed by atoms with Gasteiger partial charge in [-0.1, -0.05) is 24.3 Å². The zero-order valence-corrected chi connectivity index (χ0v) is 10.6. The van der Waals surface area contributed by atoms with Crippen molar-refractivity contribution in [3.05, 3.63) is 52.2 Å². The minimum atomic E-state index is -0.0326. The number of methoxy groups -OCH3 is 1. The van der Waals surface area contributed by atoms with Crippen LogP contribution in [0.4, 0.5) is 0 Å². The molecule has 16 heavy (non-hydrogen) atoms. The summed E-state index contributed by atoms with van der Waals surface area (Å²) < 4.78 is 5.30. The van der Waals surface area contributed by atoms with Gasteiger partial charge in [0.1, 0.15) is 5.75 Å². The molecule has 0 fully saturated rings. The van der Waals surface area contributed by atoms with Crippen LogP contribution in [0.1, 0.15) is 15.8 Å². The molecule has 1 aromatic carbocycles. The van der Waals surface area contributed by atoms with Crippen LogP contribution < -0.4 is 4.74 Å². The Kier molecular flexibility index (Phi) is 3.86.